The van der Waals surface area contributed by atoms with Gasteiger partial charge in [-0.1, -0.05) is 38.0 Å². The predicted molar refractivity (Wildman–Crippen MR) is 112 cm³/mol. The van der Waals surface area contributed by atoms with E-state index in [1.807, 2.05) is 0 Å². The number of benzene rings is 1. The highest BCUT2D eigenvalue weighted by Crippen LogP contribution is 2.40. The Morgan fingerprint density at radius 1 is 0.889 bits per heavy atom. The molecule has 0 saturated heterocycles. The molecule has 1 aromatic rings. The van der Waals surface area contributed by atoms with Crippen LogP contribution in [0.25, 0.3) is 0 Å². The highest BCUT2D eigenvalue weighted by atomic mass is 19.1. The van der Waals surface area contributed by atoms with E-state index in [0.29, 0.717) is 5.92 Å². The van der Waals surface area contributed by atoms with Gasteiger partial charge in [0.05, 0.1) is 12.9 Å². The van der Waals surface area contributed by atoms with E-state index in [1.54, 1.807) is 6.08 Å². The molecule has 1 nitrogen and oxygen atoms in total. The lowest BCUT2D eigenvalue weighted by molar-refractivity contribution is 0.245. The SMILES string of the molecule is CCCOc1ccc([C@H]2CC[C@H](CC[C@H]3CC[C@H](C=CF)CC3)CC2)cc1. The monoisotopic (exact) mass is 372 g/mol. The maximum Gasteiger partial charge on any atom is 0.119 e. The van der Waals surface area contributed by atoms with Crippen molar-refractivity contribution < 1.29 is 9.13 Å². The minimum absolute atomic E-state index is 0.500. The molecule has 0 radical (unpaired) electrons. The summed E-state index contributed by atoms with van der Waals surface area (Å²) in [4.78, 5) is 0. The average Bonchev–Trinajstić information content (AvgIpc) is 2.73. The van der Waals surface area contributed by atoms with Crippen LogP contribution in [-0.4, -0.2) is 6.61 Å². The number of ether oxygens (including phenoxy) is 1. The summed E-state index contributed by atoms with van der Waals surface area (Å²) in [7, 11) is 0. The first kappa shape index (κ1) is 20.4. The van der Waals surface area contributed by atoms with Gasteiger partial charge in [-0.25, -0.2) is 4.39 Å². The number of hydrogen-bond acceptors (Lipinski definition) is 1. The molecule has 2 saturated carbocycles. The van der Waals surface area contributed by atoms with Crippen LogP contribution in [0.4, 0.5) is 4.39 Å². The topological polar surface area (TPSA) is 9.23 Å². The molecule has 2 aliphatic rings. The molecule has 3 rings (SSSR count). The summed E-state index contributed by atoms with van der Waals surface area (Å²) in [5.74, 6) is 4.07. The van der Waals surface area contributed by atoms with Gasteiger partial charge in [0.25, 0.3) is 0 Å². The number of halogens is 1. The van der Waals surface area contributed by atoms with Crippen LogP contribution in [0, 0.1) is 17.8 Å². The molecular weight excluding hydrogens is 335 g/mol. The van der Waals surface area contributed by atoms with Gasteiger partial charge in [0, 0.05) is 0 Å². The van der Waals surface area contributed by atoms with E-state index in [2.05, 4.69) is 31.2 Å². The summed E-state index contributed by atoms with van der Waals surface area (Å²) in [6.07, 6.45) is 16.8. The van der Waals surface area contributed by atoms with Crippen LogP contribution >= 0.6 is 0 Å². The largest absolute Gasteiger partial charge is 0.494 e. The second-order valence-corrected chi connectivity index (χ2v) is 8.81. The van der Waals surface area contributed by atoms with E-state index in [1.165, 1.54) is 69.8 Å². The maximum atomic E-state index is 12.3. The van der Waals surface area contributed by atoms with Crippen molar-refractivity contribution in [2.24, 2.45) is 17.8 Å². The third-order valence-corrected chi connectivity index (χ3v) is 6.89. The molecule has 1 aromatic carbocycles. The fraction of sp³-hybridized carbons (Fsp3) is 0.680. The smallest absolute Gasteiger partial charge is 0.119 e. The Morgan fingerprint density at radius 3 is 2.04 bits per heavy atom. The zero-order valence-corrected chi connectivity index (χ0v) is 17.0. The first-order valence-electron chi connectivity index (χ1n) is 11.3. The third kappa shape index (κ3) is 6.36. The molecule has 150 valence electrons. The van der Waals surface area contributed by atoms with Gasteiger partial charge in [-0.2, -0.15) is 0 Å². The van der Waals surface area contributed by atoms with E-state index in [0.717, 1.165) is 42.9 Å². The molecule has 0 heterocycles. The van der Waals surface area contributed by atoms with Crippen molar-refractivity contribution in [1.29, 1.82) is 0 Å². The molecule has 0 aromatic heterocycles. The van der Waals surface area contributed by atoms with Gasteiger partial charge in [-0.15, -0.1) is 0 Å². The van der Waals surface area contributed by atoms with E-state index in [-0.39, 0.29) is 0 Å². The quantitative estimate of drug-likeness (QED) is 0.452. The standard InChI is InChI=1S/C25H37FO/c1-2-19-27-25-15-13-24(14-16-25)23-11-9-21(10-12-23)4-3-20-5-7-22(8-6-20)17-18-26/h13-18,20-23H,2-12,19H2,1H3/t20-,21-,22-,23-. The van der Waals surface area contributed by atoms with Gasteiger partial charge < -0.3 is 4.74 Å². The van der Waals surface area contributed by atoms with Crippen molar-refractivity contribution in [1.82, 2.24) is 0 Å². The normalized spacial score (nSPS) is 29.1. The lowest BCUT2D eigenvalue weighted by Gasteiger charge is -2.31. The first-order chi connectivity index (χ1) is 13.3. The van der Waals surface area contributed by atoms with E-state index >= 15 is 0 Å². The Morgan fingerprint density at radius 2 is 1.48 bits per heavy atom. The van der Waals surface area contributed by atoms with Crippen LogP contribution in [-0.2, 0) is 0 Å². The molecule has 0 aliphatic heterocycles. The average molecular weight is 373 g/mol. The summed E-state index contributed by atoms with van der Waals surface area (Å²) >= 11 is 0. The molecule has 0 atom stereocenters. The Bertz CT molecular complexity index is 548. The van der Waals surface area contributed by atoms with E-state index in [4.69, 9.17) is 4.74 Å². The highest BCUT2D eigenvalue weighted by molar-refractivity contribution is 5.29. The molecule has 0 bridgehead atoms. The minimum atomic E-state index is 0.500. The molecule has 27 heavy (non-hydrogen) atoms. The van der Waals surface area contributed by atoms with Crippen LogP contribution in [0.3, 0.4) is 0 Å². The third-order valence-electron chi connectivity index (χ3n) is 6.89. The first-order valence-corrected chi connectivity index (χ1v) is 11.3. The van der Waals surface area contributed by atoms with Crippen molar-refractivity contribution in [3.63, 3.8) is 0 Å². The van der Waals surface area contributed by atoms with Gasteiger partial charge in [0.1, 0.15) is 5.75 Å². The van der Waals surface area contributed by atoms with Crippen LogP contribution in [0.5, 0.6) is 5.75 Å². The van der Waals surface area contributed by atoms with Crippen molar-refractivity contribution in [2.45, 2.75) is 83.5 Å². The molecule has 2 fully saturated rings. The fourth-order valence-corrected chi connectivity index (χ4v) is 5.08. The Labute approximate surface area is 165 Å². The van der Waals surface area contributed by atoms with E-state index < -0.39 is 0 Å². The van der Waals surface area contributed by atoms with Gasteiger partial charge >= 0.3 is 0 Å². The highest BCUT2D eigenvalue weighted by Gasteiger charge is 2.25. The molecular formula is C25H37FO. The van der Waals surface area contributed by atoms with Crippen LogP contribution in [0.2, 0.25) is 0 Å². The Hall–Kier alpha value is -1.31. The van der Waals surface area contributed by atoms with Gasteiger partial charge in [0.2, 0.25) is 0 Å². The number of rotatable bonds is 8. The second-order valence-electron chi connectivity index (χ2n) is 8.81. The van der Waals surface area contributed by atoms with Gasteiger partial charge in [-0.05, 0) is 99.2 Å². The Kier molecular flexibility index (Phi) is 8.23. The summed E-state index contributed by atoms with van der Waals surface area (Å²) in [5, 5.41) is 0. The minimum Gasteiger partial charge on any atom is -0.494 e. The molecule has 0 amide bonds. The van der Waals surface area contributed by atoms with Crippen LogP contribution in [0.15, 0.2) is 36.7 Å². The molecule has 2 aliphatic carbocycles. The molecule has 0 spiro atoms. The summed E-state index contributed by atoms with van der Waals surface area (Å²) < 4.78 is 18.0. The predicted octanol–water partition coefficient (Wildman–Crippen LogP) is 7.82. The summed E-state index contributed by atoms with van der Waals surface area (Å²) in [6.45, 7) is 2.94. The Balaban J connectivity index is 1.35. The second kappa shape index (κ2) is 10.9. The molecule has 0 N–H and O–H groups in total. The summed E-state index contributed by atoms with van der Waals surface area (Å²) in [6, 6.07) is 8.84. The molecule has 2 heteroatoms. The zero-order valence-electron chi connectivity index (χ0n) is 17.0. The van der Waals surface area contributed by atoms with Gasteiger partial charge in [-0.3, -0.25) is 0 Å². The van der Waals surface area contributed by atoms with Crippen molar-refractivity contribution in [3.8, 4) is 5.75 Å². The van der Waals surface area contributed by atoms with E-state index in [9.17, 15) is 4.39 Å². The van der Waals surface area contributed by atoms with Crippen molar-refractivity contribution >= 4 is 0 Å². The van der Waals surface area contributed by atoms with Crippen LogP contribution < -0.4 is 4.74 Å². The van der Waals surface area contributed by atoms with Crippen molar-refractivity contribution in [2.75, 3.05) is 6.61 Å². The maximum absolute atomic E-state index is 12.3. The fourth-order valence-electron chi connectivity index (χ4n) is 5.08. The van der Waals surface area contributed by atoms with Crippen LogP contribution in [0.1, 0.15) is 89.0 Å². The number of hydrogen-bond donors (Lipinski definition) is 0. The number of allylic oxidation sites excluding steroid dienone is 1. The van der Waals surface area contributed by atoms with Crippen molar-refractivity contribution in [3.05, 3.63) is 42.2 Å². The van der Waals surface area contributed by atoms with Gasteiger partial charge in [0.15, 0.2) is 0 Å². The summed E-state index contributed by atoms with van der Waals surface area (Å²) in [5.41, 5.74) is 1.50. The lowest BCUT2D eigenvalue weighted by atomic mass is 9.74. The molecule has 0 unspecified atom stereocenters. The zero-order chi connectivity index (χ0) is 18.9. The lowest BCUT2D eigenvalue weighted by Crippen LogP contribution is -2.17.